The molecule has 3 heterocycles. The van der Waals surface area contributed by atoms with Crippen molar-refractivity contribution >= 4 is 45.5 Å². The average molecular weight is 428 g/mol. The Balaban J connectivity index is 1.42. The van der Waals surface area contributed by atoms with Crippen LogP contribution in [-0.4, -0.2) is 47.0 Å². The zero-order valence-electron chi connectivity index (χ0n) is 16.4. The summed E-state index contributed by atoms with van der Waals surface area (Å²) in [5.41, 5.74) is 3.24. The van der Waals surface area contributed by atoms with E-state index in [1.54, 1.807) is 18.3 Å². The van der Waals surface area contributed by atoms with Crippen LogP contribution in [0.25, 0.3) is 0 Å². The van der Waals surface area contributed by atoms with E-state index in [-0.39, 0.29) is 5.91 Å². The molecule has 0 saturated carbocycles. The number of thiazole rings is 1. The highest BCUT2D eigenvalue weighted by Crippen LogP contribution is 2.28. The molecule has 1 aromatic carbocycles. The number of halogens is 1. The van der Waals surface area contributed by atoms with Crippen LogP contribution in [0.1, 0.15) is 20.9 Å². The quantitative estimate of drug-likeness (QED) is 0.663. The van der Waals surface area contributed by atoms with Gasteiger partial charge >= 0.3 is 0 Å². The lowest BCUT2D eigenvalue weighted by molar-refractivity contribution is 0.0750. The van der Waals surface area contributed by atoms with Gasteiger partial charge in [0, 0.05) is 38.1 Å². The zero-order chi connectivity index (χ0) is 20.4. The summed E-state index contributed by atoms with van der Waals surface area (Å²) in [7, 11) is 0. The second-order valence-corrected chi connectivity index (χ2v) is 8.42. The van der Waals surface area contributed by atoms with E-state index < -0.39 is 0 Å². The number of benzene rings is 1. The Morgan fingerprint density at radius 3 is 2.55 bits per heavy atom. The van der Waals surface area contributed by atoms with Gasteiger partial charge < -0.3 is 15.1 Å². The molecule has 0 aliphatic carbocycles. The molecule has 8 heteroatoms. The molecule has 2 aromatic heterocycles. The molecule has 0 bridgehead atoms. The Hall–Kier alpha value is -2.64. The molecule has 3 aromatic rings. The van der Waals surface area contributed by atoms with Gasteiger partial charge in [0.15, 0.2) is 5.13 Å². The van der Waals surface area contributed by atoms with Crippen molar-refractivity contribution in [2.24, 2.45) is 0 Å². The Labute approximate surface area is 179 Å². The van der Waals surface area contributed by atoms with Crippen LogP contribution in [0.3, 0.4) is 0 Å². The van der Waals surface area contributed by atoms with E-state index in [9.17, 15) is 4.79 Å². The maximum absolute atomic E-state index is 13.1. The van der Waals surface area contributed by atoms with E-state index in [1.807, 2.05) is 11.8 Å². The first-order valence-corrected chi connectivity index (χ1v) is 10.7. The predicted molar refractivity (Wildman–Crippen MR) is 119 cm³/mol. The number of carbonyl (C=O) groups is 1. The van der Waals surface area contributed by atoms with Crippen LogP contribution in [0.5, 0.6) is 0 Å². The number of piperazine rings is 1. The molecule has 29 heavy (non-hydrogen) atoms. The van der Waals surface area contributed by atoms with Gasteiger partial charge in [0.2, 0.25) is 0 Å². The number of aryl methyl sites for hydroxylation is 2. The molecule has 1 fully saturated rings. The summed E-state index contributed by atoms with van der Waals surface area (Å²) in [5, 5.41) is 4.37. The minimum Gasteiger partial charge on any atom is -0.368 e. The molecule has 0 unspecified atom stereocenters. The highest BCUT2D eigenvalue weighted by Gasteiger charge is 2.26. The van der Waals surface area contributed by atoms with Crippen molar-refractivity contribution in [3.05, 3.63) is 63.8 Å². The number of anilines is 3. The van der Waals surface area contributed by atoms with Crippen molar-refractivity contribution in [2.45, 2.75) is 13.8 Å². The molecule has 1 amide bonds. The van der Waals surface area contributed by atoms with Crippen LogP contribution in [0.15, 0.2) is 42.6 Å². The molecule has 0 spiro atoms. The SMILES string of the molecule is Cc1ccccc1N1CCN(C(=O)c2sc(Nc3ccc(Cl)cn3)nc2C)CC1. The summed E-state index contributed by atoms with van der Waals surface area (Å²) < 4.78 is 0. The maximum Gasteiger partial charge on any atom is 0.266 e. The van der Waals surface area contributed by atoms with Crippen LogP contribution in [0.4, 0.5) is 16.6 Å². The highest BCUT2D eigenvalue weighted by molar-refractivity contribution is 7.17. The number of hydrogen-bond acceptors (Lipinski definition) is 6. The molecular formula is C21H22ClN5OS. The first-order valence-electron chi connectivity index (χ1n) is 9.47. The zero-order valence-corrected chi connectivity index (χ0v) is 17.9. The predicted octanol–water partition coefficient (Wildman–Crippen LogP) is 4.51. The molecule has 1 saturated heterocycles. The minimum atomic E-state index is 0.0431. The first-order chi connectivity index (χ1) is 14.0. The van der Waals surface area contributed by atoms with E-state index in [4.69, 9.17) is 11.6 Å². The number of carbonyl (C=O) groups excluding carboxylic acids is 1. The van der Waals surface area contributed by atoms with Crippen LogP contribution >= 0.6 is 22.9 Å². The number of para-hydroxylation sites is 1. The summed E-state index contributed by atoms with van der Waals surface area (Å²) in [6.07, 6.45) is 1.57. The van der Waals surface area contributed by atoms with E-state index in [0.29, 0.717) is 33.9 Å². The summed E-state index contributed by atoms with van der Waals surface area (Å²) in [5.74, 6) is 0.690. The number of pyridine rings is 1. The van der Waals surface area contributed by atoms with Crippen molar-refractivity contribution in [1.29, 1.82) is 0 Å². The normalized spacial score (nSPS) is 14.2. The highest BCUT2D eigenvalue weighted by atomic mass is 35.5. The van der Waals surface area contributed by atoms with Gasteiger partial charge in [0.1, 0.15) is 10.7 Å². The monoisotopic (exact) mass is 427 g/mol. The van der Waals surface area contributed by atoms with Crippen molar-refractivity contribution in [1.82, 2.24) is 14.9 Å². The summed E-state index contributed by atoms with van der Waals surface area (Å²) in [4.78, 5) is 26.7. The van der Waals surface area contributed by atoms with Crippen molar-refractivity contribution < 1.29 is 4.79 Å². The molecular weight excluding hydrogens is 406 g/mol. The Morgan fingerprint density at radius 1 is 1.10 bits per heavy atom. The molecule has 150 valence electrons. The molecule has 1 N–H and O–H groups in total. The number of nitrogens with one attached hydrogen (secondary N) is 1. The van der Waals surface area contributed by atoms with Gasteiger partial charge in [-0.05, 0) is 37.6 Å². The molecule has 1 aliphatic rings. The first kappa shape index (κ1) is 19.7. The Kier molecular flexibility index (Phi) is 5.69. The fourth-order valence-corrected chi connectivity index (χ4v) is 4.47. The van der Waals surface area contributed by atoms with Gasteiger partial charge in [-0.3, -0.25) is 4.79 Å². The topological polar surface area (TPSA) is 61.4 Å². The second kappa shape index (κ2) is 8.39. The lowest BCUT2D eigenvalue weighted by Gasteiger charge is -2.36. The average Bonchev–Trinajstić information content (AvgIpc) is 3.10. The van der Waals surface area contributed by atoms with Crippen molar-refractivity contribution in [2.75, 3.05) is 36.4 Å². The number of nitrogens with zero attached hydrogens (tertiary/aromatic N) is 4. The van der Waals surface area contributed by atoms with Crippen LogP contribution < -0.4 is 10.2 Å². The van der Waals surface area contributed by atoms with E-state index >= 15 is 0 Å². The summed E-state index contributed by atoms with van der Waals surface area (Å²) in [6.45, 7) is 7.05. The minimum absolute atomic E-state index is 0.0431. The summed E-state index contributed by atoms with van der Waals surface area (Å²) in [6, 6.07) is 11.9. The van der Waals surface area contributed by atoms with Gasteiger partial charge in [-0.15, -0.1) is 0 Å². The molecule has 1 aliphatic heterocycles. The van der Waals surface area contributed by atoms with E-state index in [1.165, 1.54) is 22.6 Å². The Bertz CT molecular complexity index is 1010. The smallest absolute Gasteiger partial charge is 0.266 e. The third-order valence-corrected chi connectivity index (χ3v) is 6.26. The van der Waals surface area contributed by atoms with Crippen LogP contribution in [0.2, 0.25) is 5.02 Å². The number of amides is 1. The van der Waals surface area contributed by atoms with Gasteiger partial charge in [-0.25, -0.2) is 9.97 Å². The van der Waals surface area contributed by atoms with Crippen LogP contribution in [-0.2, 0) is 0 Å². The lowest BCUT2D eigenvalue weighted by Crippen LogP contribution is -2.49. The molecule has 0 atom stereocenters. The van der Waals surface area contributed by atoms with E-state index in [0.717, 1.165) is 18.8 Å². The number of rotatable bonds is 4. The maximum atomic E-state index is 13.1. The second-order valence-electron chi connectivity index (χ2n) is 6.99. The largest absolute Gasteiger partial charge is 0.368 e. The fraction of sp³-hybridized carbons (Fsp3) is 0.286. The van der Waals surface area contributed by atoms with Crippen molar-refractivity contribution in [3.63, 3.8) is 0 Å². The molecule has 0 radical (unpaired) electrons. The van der Waals surface area contributed by atoms with E-state index in [2.05, 4.69) is 51.4 Å². The number of hydrogen-bond donors (Lipinski definition) is 1. The van der Waals surface area contributed by atoms with Gasteiger partial charge in [0.25, 0.3) is 5.91 Å². The molecule has 6 nitrogen and oxygen atoms in total. The number of aromatic nitrogens is 2. The van der Waals surface area contributed by atoms with Gasteiger partial charge in [-0.1, -0.05) is 41.1 Å². The van der Waals surface area contributed by atoms with Gasteiger partial charge in [0.05, 0.1) is 10.7 Å². The standard InChI is InChI=1S/C21H22ClN5OS/c1-14-5-3-4-6-17(14)26-9-11-27(12-10-26)20(28)19-15(2)24-21(29-19)25-18-8-7-16(22)13-23-18/h3-8,13H,9-12H2,1-2H3,(H,23,24,25). The van der Waals surface area contributed by atoms with Gasteiger partial charge in [-0.2, -0.15) is 0 Å². The van der Waals surface area contributed by atoms with Crippen LogP contribution in [0, 0.1) is 13.8 Å². The van der Waals surface area contributed by atoms with Crippen molar-refractivity contribution in [3.8, 4) is 0 Å². The Morgan fingerprint density at radius 2 is 1.86 bits per heavy atom. The summed E-state index contributed by atoms with van der Waals surface area (Å²) >= 11 is 7.23. The molecule has 4 rings (SSSR count). The lowest BCUT2D eigenvalue weighted by atomic mass is 10.1. The third-order valence-electron chi connectivity index (χ3n) is 4.98. The third kappa shape index (κ3) is 4.36. The fourth-order valence-electron chi connectivity index (χ4n) is 3.42.